The highest BCUT2D eigenvalue weighted by Crippen LogP contribution is 2.32. The quantitative estimate of drug-likeness (QED) is 0.823. The van der Waals surface area contributed by atoms with Gasteiger partial charge in [0, 0.05) is 24.7 Å². The fourth-order valence-electron chi connectivity index (χ4n) is 2.81. The molecule has 0 radical (unpaired) electrons. The third-order valence-corrected chi connectivity index (χ3v) is 3.76. The van der Waals surface area contributed by atoms with Crippen molar-refractivity contribution in [3.63, 3.8) is 0 Å². The van der Waals surface area contributed by atoms with Crippen molar-refractivity contribution in [1.29, 1.82) is 0 Å². The van der Waals surface area contributed by atoms with Crippen molar-refractivity contribution in [3.8, 4) is 5.75 Å². The van der Waals surface area contributed by atoms with E-state index in [4.69, 9.17) is 0 Å². The fourth-order valence-corrected chi connectivity index (χ4v) is 2.81. The van der Waals surface area contributed by atoms with Crippen LogP contribution < -0.4 is 0 Å². The highest BCUT2D eigenvalue weighted by Gasteiger charge is 2.26. The standard InChI is InChI=1S/C16H20FNO/c1-3-9-18(10-4-2)12-5-6-13-14(11-12)16(19)8-7-15(13)17/h3-4,7-8,12,19H,1-2,5-6,9-11H2. The second kappa shape index (κ2) is 6.02. The highest BCUT2D eigenvalue weighted by molar-refractivity contribution is 5.42. The summed E-state index contributed by atoms with van der Waals surface area (Å²) in [5.74, 6) is 0.00324. The summed E-state index contributed by atoms with van der Waals surface area (Å²) in [4.78, 5) is 2.26. The molecule has 1 aromatic carbocycles. The van der Waals surface area contributed by atoms with Crippen molar-refractivity contribution in [2.45, 2.75) is 25.3 Å². The van der Waals surface area contributed by atoms with Crippen LogP contribution in [0.4, 0.5) is 4.39 Å². The predicted octanol–water partition coefficient (Wildman–Crippen LogP) is 3.06. The smallest absolute Gasteiger partial charge is 0.126 e. The minimum atomic E-state index is -0.203. The monoisotopic (exact) mass is 261 g/mol. The Hall–Kier alpha value is -1.61. The van der Waals surface area contributed by atoms with E-state index < -0.39 is 0 Å². The average Bonchev–Trinajstić information content (AvgIpc) is 2.42. The number of benzene rings is 1. The third kappa shape index (κ3) is 2.87. The number of aromatic hydroxyl groups is 1. The number of hydrogen-bond donors (Lipinski definition) is 1. The Balaban J connectivity index is 2.23. The topological polar surface area (TPSA) is 23.5 Å². The number of rotatable bonds is 5. The largest absolute Gasteiger partial charge is 0.508 e. The molecule has 19 heavy (non-hydrogen) atoms. The number of hydrogen-bond acceptors (Lipinski definition) is 2. The maximum atomic E-state index is 13.7. The van der Waals surface area contributed by atoms with Crippen LogP contribution in [0, 0.1) is 5.82 Å². The molecule has 0 aromatic heterocycles. The van der Waals surface area contributed by atoms with Crippen LogP contribution in [0.25, 0.3) is 0 Å². The van der Waals surface area contributed by atoms with E-state index in [-0.39, 0.29) is 11.6 Å². The van der Waals surface area contributed by atoms with E-state index in [1.807, 2.05) is 12.2 Å². The summed E-state index contributed by atoms with van der Waals surface area (Å²) in [7, 11) is 0. The molecule has 0 amide bonds. The van der Waals surface area contributed by atoms with Crippen LogP contribution in [0.3, 0.4) is 0 Å². The number of phenolic OH excluding ortho intramolecular Hbond substituents is 1. The summed E-state index contributed by atoms with van der Waals surface area (Å²) in [6, 6.07) is 3.10. The zero-order valence-corrected chi connectivity index (χ0v) is 11.1. The summed E-state index contributed by atoms with van der Waals surface area (Å²) in [6.45, 7) is 9.10. The lowest BCUT2D eigenvalue weighted by Gasteiger charge is -2.34. The summed E-state index contributed by atoms with van der Waals surface area (Å²) in [5, 5.41) is 9.91. The van der Waals surface area contributed by atoms with Crippen LogP contribution in [0.1, 0.15) is 17.5 Å². The first kappa shape index (κ1) is 13.8. The highest BCUT2D eigenvalue weighted by atomic mass is 19.1. The maximum absolute atomic E-state index is 13.7. The lowest BCUT2D eigenvalue weighted by Crippen LogP contribution is -2.39. The van der Waals surface area contributed by atoms with E-state index in [9.17, 15) is 9.50 Å². The van der Waals surface area contributed by atoms with Gasteiger partial charge in [0.15, 0.2) is 0 Å². The van der Waals surface area contributed by atoms with Crippen LogP contribution >= 0.6 is 0 Å². The molecular weight excluding hydrogens is 241 g/mol. The first-order valence-electron chi connectivity index (χ1n) is 6.62. The summed E-state index contributed by atoms with van der Waals surface area (Å²) >= 11 is 0. The van der Waals surface area contributed by atoms with Gasteiger partial charge in [0.2, 0.25) is 0 Å². The first-order chi connectivity index (χ1) is 9.17. The van der Waals surface area contributed by atoms with Crippen LogP contribution in [-0.4, -0.2) is 29.1 Å². The Labute approximate surface area is 113 Å². The van der Waals surface area contributed by atoms with Crippen LogP contribution in [0.5, 0.6) is 5.75 Å². The van der Waals surface area contributed by atoms with Gasteiger partial charge in [-0.15, -0.1) is 13.2 Å². The molecule has 0 saturated heterocycles. The van der Waals surface area contributed by atoms with Gasteiger partial charge in [-0.05, 0) is 37.0 Å². The van der Waals surface area contributed by atoms with Crippen molar-refractivity contribution in [1.82, 2.24) is 4.90 Å². The number of nitrogens with zero attached hydrogens (tertiary/aromatic N) is 1. The zero-order valence-electron chi connectivity index (χ0n) is 11.1. The molecule has 1 aliphatic carbocycles. The SMILES string of the molecule is C=CCN(CC=C)C1CCc2c(F)ccc(O)c2C1. The zero-order chi connectivity index (χ0) is 13.8. The molecule has 0 saturated carbocycles. The summed E-state index contributed by atoms with van der Waals surface area (Å²) < 4.78 is 13.7. The second-order valence-electron chi connectivity index (χ2n) is 4.95. The van der Waals surface area contributed by atoms with E-state index in [2.05, 4.69) is 18.1 Å². The molecule has 0 heterocycles. The fraction of sp³-hybridized carbons (Fsp3) is 0.375. The Kier molecular flexibility index (Phi) is 4.38. The Morgan fingerprint density at radius 1 is 1.26 bits per heavy atom. The molecule has 0 aliphatic heterocycles. The molecule has 0 bridgehead atoms. The predicted molar refractivity (Wildman–Crippen MR) is 75.8 cm³/mol. The third-order valence-electron chi connectivity index (χ3n) is 3.76. The summed E-state index contributed by atoms with van der Waals surface area (Å²) in [5.41, 5.74) is 1.43. The summed E-state index contributed by atoms with van der Waals surface area (Å²) in [6.07, 6.45) is 5.98. The molecule has 102 valence electrons. The van der Waals surface area contributed by atoms with Gasteiger partial charge in [-0.2, -0.15) is 0 Å². The molecule has 0 fully saturated rings. The first-order valence-corrected chi connectivity index (χ1v) is 6.62. The molecule has 0 spiro atoms. The maximum Gasteiger partial charge on any atom is 0.126 e. The van der Waals surface area contributed by atoms with E-state index in [1.54, 1.807) is 0 Å². The lowest BCUT2D eigenvalue weighted by molar-refractivity contribution is 0.217. The molecule has 1 aromatic rings. The van der Waals surface area contributed by atoms with Crippen LogP contribution in [0.15, 0.2) is 37.4 Å². The molecule has 1 aliphatic rings. The van der Waals surface area contributed by atoms with E-state index in [0.29, 0.717) is 24.4 Å². The van der Waals surface area contributed by atoms with E-state index in [0.717, 1.165) is 25.1 Å². The molecular formula is C16H20FNO. The van der Waals surface area contributed by atoms with Crippen molar-refractivity contribution >= 4 is 0 Å². The van der Waals surface area contributed by atoms with Crippen LogP contribution in [0.2, 0.25) is 0 Å². The van der Waals surface area contributed by atoms with Gasteiger partial charge >= 0.3 is 0 Å². The van der Waals surface area contributed by atoms with Gasteiger partial charge < -0.3 is 5.11 Å². The van der Waals surface area contributed by atoms with E-state index >= 15 is 0 Å². The van der Waals surface area contributed by atoms with Gasteiger partial charge in [-0.25, -0.2) is 4.39 Å². The molecule has 1 N–H and O–H groups in total. The Morgan fingerprint density at radius 2 is 1.95 bits per heavy atom. The molecule has 2 rings (SSSR count). The van der Waals surface area contributed by atoms with Gasteiger partial charge in [-0.1, -0.05) is 12.2 Å². The van der Waals surface area contributed by atoms with E-state index in [1.165, 1.54) is 12.1 Å². The Morgan fingerprint density at radius 3 is 2.58 bits per heavy atom. The van der Waals surface area contributed by atoms with Gasteiger partial charge in [-0.3, -0.25) is 4.90 Å². The minimum absolute atomic E-state index is 0.203. The molecule has 3 heteroatoms. The van der Waals surface area contributed by atoms with Gasteiger partial charge in [0.25, 0.3) is 0 Å². The molecule has 2 nitrogen and oxygen atoms in total. The van der Waals surface area contributed by atoms with Gasteiger partial charge in [0.05, 0.1) is 0 Å². The second-order valence-corrected chi connectivity index (χ2v) is 4.95. The van der Waals surface area contributed by atoms with Gasteiger partial charge in [0.1, 0.15) is 11.6 Å². The van der Waals surface area contributed by atoms with Crippen LogP contribution in [-0.2, 0) is 12.8 Å². The molecule has 1 atom stereocenters. The van der Waals surface area contributed by atoms with Crippen molar-refractivity contribution in [2.75, 3.05) is 13.1 Å². The van der Waals surface area contributed by atoms with Crippen molar-refractivity contribution in [3.05, 3.63) is 54.4 Å². The number of fused-ring (bicyclic) bond motifs is 1. The molecule has 1 unspecified atom stereocenters. The number of phenols is 1. The normalized spacial score (nSPS) is 18.1. The Bertz CT molecular complexity index is 474. The lowest BCUT2D eigenvalue weighted by atomic mass is 9.86. The number of halogens is 1. The minimum Gasteiger partial charge on any atom is -0.508 e. The average molecular weight is 261 g/mol. The van der Waals surface area contributed by atoms with Crippen molar-refractivity contribution < 1.29 is 9.50 Å². The van der Waals surface area contributed by atoms with Crippen molar-refractivity contribution in [2.24, 2.45) is 0 Å².